The molecular formula is C21H20FNO2. The summed E-state index contributed by atoms with van der Waals surface area (Å²) in [5.41, 5.74) is 4.19. The first-order valence-electron chi connectivity index (χ1n) is 8.11. The maximum absolute atomic E-state index is 13.0. The molecule has 0 radical (unpaired) electrons. The van der Waals surface area contributed by atoms with E-state index in [2.05, 4.69) is 6.07 Å². The fourth-order valence-corrected chi connectivity index (χ4v) is 2.76. The minimum atomic E-state index is -0.306. The van der Waals surface area contributed by atoms with Crippen LogP contribution in [0.25, 0.3) is 11.3 Å². The molecule has 0 saturated carbocycles. The van der Waals surface area contributed by atoms with Crippen molar-refractivity contribution in [2.75, 3.05) is 7.05 Å². The van der Waals surface area contributed by atoms with E-state index in [1.54, 1.807) is 36.2 Å². The maximum atomic E-state index is 13.0. The highest BCUT2D eigenvalue weighted by Crippen LogP contribution is 2.23. The van der Waals surface area contributed by atoms with Crippen molar-refractivity contribution in [1.82, 2.24) is 4.90 Å². The number of rotatable bonds is 4. The van der Waals surface area contributed by atoms with Crippen LogP contribution in [0.4, 0.5) is 4.39 Å². The van der Waals surface area contributed by atoms with Gasteiger partial charge in [-0.25, -0.2) is 4.39 Å². The standard InChI is InChI=1S/C21H20FNO2/c1-14-4-5-17(15(2)12-14)13-23(3)21(24)20-11-10-19(25-20)16-6-8-18(22)9-7-16/h4-12H,13H2,1-3H3. The van der Waals surface area contributed by atoms with Crippen LogP contribution in [0.15, 0.2) is 59.0 Å². The van der Waals surface area contributed by atoms with Crippen LogP contribution in [0.1, 0.15) is 27.2 Å². The van der Waals surface area contributed by atoms with Crippen LogP contribution in [0.2, 0.25) is 0 Å². The van der Waals surface area contributed by atoms with Crippen LogP contribution in [0, 0.1) is 19.7 Å². The summed E-state index contributed by atoms with van der Waals surface area (Å²) in [6.45, 7) is 4.60. The molecule has 1 amide bonds. The Morgan fingerprint density at radius 3 is 2.44 bits per heavy atom. The lowest BCUT2D eigenvalue weighted by Gasteiger charge is -2.17. The SMILES string of the molecule is Cc1ccc(CN(C)C(=O)c2ccc(-c3ccc(F)cc3)o2)c(C)c1. The van der Waals surface area contributed by atoms with Crippen LogP contribution >= 0.6 is 0 Å². The predicted octanol–water partition coefficient (Wildman–Crippen LogP) is 4.97. The fourth-order valence-electron chi connectivity index (χ4n) is 2.76. The van der Waals surface area contributed by atoms with Crippen molar-refractivity contribution in [1.29, 1.82) is 0 Å². The van der Waals surface area contributed by atoms with Crippen molar-refractivity contribution in [2.45, 2.75) is 20.4 Å². The Labute approximate surface area is 146 Å². The van der Waals surface area contributed by atoms with E-state index in [1.165, 1.54) is 17.7 Å². The predicted molar refractivity (Wildman–Crippen MR) is 95.8 cm³/mol. The van der Waals surface area contributed by atoms with Crippen LogP contribution in [-0.2, 0) is 6.54 Å². The zero-order valence-electron chi connectivity index (χ0n) is 14.5. The molecule has 4 heteroatoms. The average Bonchev–Trinajstić information content (AvgIpc) is 3.07. The minimum Gasteiger partial charge on any atom is -0.451 e. The normalized spacial score (nSPS) is 10.7. The van der Waals surface area contributed by atoms with E-state index in [4.69, 9.17) is 4.42 Å². The number of amides is 1. The first-order chi connectivity index (χ1) is 11.9. The topological polar surface area (TPSA) is 33.5 Å². The van der Waals surface area contributed by atoms with Gasteiger partial charge in [-0.1, -0.05) is 23.8 Å². The molecule has 0 bridgehead atoms. The molecule has 2 aromatic carbocycles. The number of hydrogen-bond acceptors (Lipinski definition) is 2. The van der Waals surface area contributed by atoms with Crippen LogP contribution < -0.4 is 0 Å². The van der Waals surface area contributed by atoms with Crippen LogP contribution in [0.3, 0.4) is 0 Å². The molecule has 0 fully saturated rings. The van der Waals surface area contributed by atoms with E-state index in [0.29, 0.717) is 12.3 Å². The second-order valence-electron chi connectivity index (χ2n) is 6.26. The molecular weight excluding hydrogens is 317 g/mol. The summed E-state index contributed by atoms with van der Waals surface area (Å²) in [4.78, 5) is 14.2. The lowest BCUT2D eigenvalue weighted by atomic mass is 10.1. The highest BCUT2D eigenvalue weighted by molar-refractivity contribution is 5.91. The molecule has 3 aromatic rings. The first kappa shape index (κ1) is 17.0. The van der Waals surface area contributed by atoms with Crippen LogP contribution in [0.5, 0.6) is 0 Å². The first-order valence-corrected chi connectivity index (χ1v) is 8.11. The molecule has 3 rings (SSSR count). The molecule has 0 aliphatic rings. The summed E-state index contributed by atoms with van der Waals surface area (Å²) < 4.78 is 18.7. The second kappa shape index (κ2) is 6.93. The van der Waals surface area contributed by atoms with Gasteiger partial charge in [0.15, 0.2) is 5.76 Å². The van der Waals surface area contributed by atoms with Gasteiger partial charge in [0, 0.05) is 19.2 Å². The lowest BCUT2D eigenvalue weighted by molar-refractivity contribution is 0.0754. The van der Waals surface area contributed by atoms with E-state index in [9.17, 15) is 9.18 Å². The van der Waals surface area contributed by atoms with Crippen LogP contribution in [-0.4, -0.2) is 17.9 Å². The Bertz CT molecular complexity index is 897. The van der Waals surface area contributed by atoms with Gasteiger partial charge in [0.25, 0.3) is 5.91 Å². The summed E-state index contributed by atoms with van der Waals surface area (Å²) >= 11 is 0. The van der Waals surface area contributed by atoms with Gasteiger partial charge >= 0.3 is 0 Å². The minimum absolute atomic E-state index is 0.187. The van der Waals surface area contributed by atoms with Crippen molar-refractivity contribution < 1.29 is 13.6 Å². The number of nitrogens with zero attached hydrogens (tertiary/aromatic N) is 1. The molecule has 128 valence electrons. The molecule has 0 unspecified atom stereocenters. The third-order valence-corrected chi connectivity index (χ3v) is 4.20. The van der Waals surface area contributed by atoms with E-state index < -0.39 is 0 Å². The highest BCUT2D eigenvalue weighted by Gasteiger charge is 2.17. The number of hydrogen-bond donors (Lipinski definition) is 0. The Balaban J connectivity index is 1.75. The van der Waals surface area contributed by atoms with Crippen molar-refractivity contribution in [3.05, 3.63) is 82.9 Å². The molecule has 0 aliphatic carbocycles. The summed E-state index contributed by atoms with van der Waals surface area (Å²) in [6.07, 6.45) is 0. The molecule has 25 heavy (non-hydrogen) atoms. The van der Waals surface area contributed by atoms with E-state index in [1.807, 2.05) is 26.0 Å². The van der Waals surface area contributed by atoms with E-state index in [-0.39, 0.29) is 17.5 Å². The molecule has 0 saturated heterocycles. The summed E-state index contributed by atoms with van der Waals surface area (Å²) in [7, 11) is 1.75. The quantitative estimate of drug-likeness (QED) is 0.673. The van der Waals surface area contributed by atoms with Crippen molar-refractivity contribution >= 4 is 5.91 Å². The lowest BCUT2D eigenvalue weighted by Crippen LogP contribution is -2.26. The number of halogens is 1. The highest BCUT2D eigenvalue weighted by atomic mass is 19.1. The fraction of sp³-hybridized carbons (Fsp3) is 0.190. The Morgan fingerprint density at radius 1 is 1.04 bits per heavy atom. The molecule has 1 aromatic heterocycles. The van der Waals surface area contributed by atoms with Crippen molar-refractivity contribution in [3.63, 3.8) is 0 Å². The Morgan fingerprint density at radius 2 is 1.76 bits per heavy atom. The monoisotopic (exact) mass is 337 g/mol. The molecule has 3 nitrogen and oxygen atoms in total. The Kier molecular flexibility index (Phi) is 4.70. The van der Waals surface area contributed by atoms with Crippen molar-refractivity contribution in [3.8, 4) is 11.3 Å². The molecule has 0 N–H and O–H groups in total. The third kappa shape index (κ3) is 3.79. The third-order valence-electron chi connectivity index (χ3n) is 4.20. The smallest absolute Gasteiger partial charge is 0.289 e. The second-order valence-corrected chi connectivity index (χ2v) is 6.26. The van der Waals surface area contributed by atoms with Gasteiger partial charge in [0.05, 0.1) is 0 Å². The molecule has 0 atom stereocenters. The zero-order valence-corrected chi connectivity index (χ0v) is 14.5. The summed E-state index contributed by atoms with van der Waals surface area (Å²) in [5, 5.41) is 0. The summed E-state index contributed by atoms with van der Waals surface area (Å²) in [5.74, 6) is 0.322. The number of carbonyl (C=O) groups is 1. The number of furan rings is 1. The van der Waals surface area contributed by atoms with Gasteiger partial charge in [0.1, 0.15) is 11.6 Å². The number of aryl methyl sites for hydroxylation is 2. The van der Waals surface area contributed by atoms with Gasteiger partial charge in [0.2, 0.25) is 0 Å². The average molecular weight is 337 g/mol. The zero-order chi connectivity index (χ0) is 18.0. The van der Waals surface area contributed by atoms with Gasteiger partial charge in [-0.05, 0) is 61.4 Å². The van der Waals surface area contributed by atoms with E-state index >= 15 is 0 Å². The number of carbonyl (C=O) groups excluding carboxylic acids is 1. The van der Waals surface area contributed by atoms with Gasteiger partial charge in [-0.2, -0.15) is 0 Å². The number of benzene rings is 2. The van der Waals surface area contributed by atoms with Gasteiger partial charge in [-0.15, -0.1) is 0 Å². The molecule has 0 aliphatic heterocycles. The van der Waals surface area contributed by atoms with Gasteiger partial charge in [-0.3, -0.25) is 4.79 Å². The maximum Gasteiger partial charge on any atom is 0.289 e. The van der Waals surface area contributed by atoms with Gasteiger partial charge < -0.3 is 9.32 Å². The largest absolute Gasteiger partial charge is 0.451 e. The summed E-state index contributed by atoms with van der Waals surface area (Å²) in [6, 6.07) is 15.6. The van der Waals surface area contributed by atoms with Crippen molar-refractivity contribution in [2.24, 2.45) is 0 Å². The molecule has 0 spiro atoms. The molecule has 1 heterocycles. The Hall–Kier alpha value is -2.88. The van der Waals surface area contributed by atoms with E-state index in [0.717, 1.165) is 16.7 Å².